The molecule has 1 aromatic rings. The minimum Gasteiger partial charge on any atom is -0.381 e. The standard InChI is InChI=1S/C9H14N2O2/c1-9(2-6-13-7-3-9)11-5-4-10-8(11)12/h4-5H,2-3,6-7H2,1H3,(H,10,12). The summed E-state index contributed by atoms with van der Waals surface area (Å²) in [6, 6.07) is 0. The molecular weight excluding hydrogens is 168 g/mol. The Bertz CT molecular complexity index is 333. The van der Waals surface area contributed by atoms with Crippen molar-refractivity contribution in [3.05, 3.63) is 22.9 Å². The van der Waals surface area contributed by atoms with E-state index >= 15 is 0 Å². The van der Waals surface area contributed by atoms with Crippen LogP contribution in [0.2, 0.25) is 0 Å². The molecule has 2 rings (SSSR count). The van der Waals surface area contributed by atoms with Crippen LogP contribution in [0, 0.1) is 0 Å². The summed E-state index contributed by atoms with van der Waals surface area (Å²) in [6.45, 7) is 3.59. The molecule has 0 spiro atoms. The van der Waals surface area contributed by atoms with Crippen molar-refractivity contribution < 1.29 is 4.74 Å². The maximum absolute atomic E-state index is 11.4. The minimum absolute atomic E-state index is 0.0237. The molecule has 0 amide bonds. The molecule has 0 bridgehead atoms. The second-order valence-corrected chi connectivity index (χ2v) is 3.74. The Kier molecular flexibility index (Phi) is 2.00. The Morgan fingerprint density at radius 2 is 2.23 bits per heavy atom. The maximum atomic E-state index is 11.4. The second-order valence-electron chi connectivity index (χ2n) is 3.74. The Morgan fingerprint density at radius 3 is 2.77 bits per heavy atom. The van der Waals surface area contributed by atoms with E-state index in [4.69, 9.17) is 4.74 Å². The third-order valence-electron chi connectivity index (χ3n) is 2.80. The first-order chi connectivity index (χ1) is 6.22. The third-order valence-corrected chi connectivity index (χ3v) is 2.80. The highest BCUT2D eigenvalue weighted by atomic mass is 16.5. The average molecular weight is 182 g/mol. The Hall–Kier alpha value is -1.03. The second kappa shape index (κ2) is 3.03. The molecule has 2 heterocycles. The zero-order valence-electron chi connectivity index (χ0n) is 7.75. The Balaban J connectivity index is 2.33. The van der Waals surface area contributed by atoms with E-state index in [0.717, 1.165) is 26.1 Å². The molecule has 1 aromatic heterocycles. The first-order valence-electron chi connectivity index (χ1n) is 4.57. The number of ether oxygens (including phenoxy) is 1. The highest BCUT2D eigenvalue weighted by Crippen LogP contribution is 2.26. The van der Waals surface area contributed by atoms with Crippen molar-refractivity contribution >= 4 is 0 Å². The van der Waals surface area contributed by atoms with Gasteiger partial charge in [-0.15, -0.1) is 0 Å². The van der Waals surface area contributed by atoms with E-state index < -0.39 is 0 Å². The van der Waals surface area contributed by atoms with Crippen molar-refractivity contribution in [1.29, 1.82) is 0 Å². The summed E-state index contributed by atoms with van der Waals surface area (Å²) < 4.78 is 7.05. The summed E-state index contributed by atoms with van der Waals surface area (Å²) in [7, 11) is 0. The molecule has 4 heteroatoms. The van der Waals surface area contributed by atoms with Gasteiger partial charge in [0.05, 0.1) is 5.54 Å². The van der Waals surface area contributed by atoms with Gasteiger partial charge in [0.25, 0.3) is 0 Å². The summed E-state index contributed by atoms with van der Waals surface area (Å²) in [6.07, 6.45) is 5.31. The van der Waals surface area contributed by atoms with Gasteiger partial charge >= 0.3 is 5.69 Å². The molecule has 0 aliphatic carbocycles. The van der Waals surface area contributed by atoms with Gasteiger partial charge in [-0.2, -0.15) is 0 Å². The number of hydrogen-bond acceptors (Lipinski definition) is 2. The summed E-state index contributed by atoms with van der Waals surface area (Å²) in [5.74, 6) is 0. The zero-order valence-corrected chi connectivity index (χ0v) is 7.75. The molecule has 1 aliphatic heterocycles. The normalized spacial score (nSPS) is 21.6. The van der Waals surface area contributed by atoms with Gasteiger partial charge in [0.2, 0.25) is 0 Å². The number of hydrogen-bond donors (Lipinski definition) is 1. The van der Waals surface area contributed by atoms with Crippen LogP contribution in [0.3, 0.4) is 0 Å². The molecule has 0 atom stereocenters. The van der Waals surface area contributed by atoms with E-state index in [1.54, 1.807) is 10.8 Å². The largest absolute Gasteiger partial charge is 0.381 e. The molecule has 0 aromatic carbocycles. The van der Waals surface area contributed by atoms with Crippen molar-refractivity contribution in [2.75, 3.05) is 13.2 Å². The number of aromatic amines is 1. The van der Waals surface area contributed by atoms with Gasteiger partial charge in [0.15, 0.2) is 0 Å². The lowest BCUT2D eigenvalue weighted by Gasteiger charge is -2.34. The number of H-pyrrole nitrogens is 1. The lowest BCUT2D eigenvalue weighted by molar-refractivity contribution is 0.0281. The van der Waals surface area contributed by atoms with E-state index in [9.17, 15) is 4.79 Å². The monoisotopic (exact) mass is 182 g/mol. The van der Waals surface area contributed by atoms with Crippen LogP contribution < -0.4 is 5.69 Å². The summed E-state index contributed by atoms with van der Waals surface area (Å²) >= 11 is 0. The van der Waals surface area contributed by atoms with Crippen LogP contribution in [0.15, 0.2) is 17.2 Å². The highest BCUT2D eigenvalue weighted by molar-refractivity contribution is 4.90. The van der Waals surface area contributed by atoms with Crippen LogP contribution in [0.5, 0.6) is 0 Å². The SMILES string of the molecule is CC1(n2cc[nH]c2=O)CCOCC1. The number of nitrogens with zero attached hydrogens (tertiary/aromatic N) is 1. The fraction of sp³-hybridized carbons (Fsp3) is 0.667. The number of aromatic nitrogens is 2. The van der Waals surface area contributed by atoms with Gasteiger partial charge in [-0.1, -0.05) is 0 Å². The van der Waals surface area contributed by atoms with Crippen molar-refractivity contribution in [2.45, 2.75) is 25.3 Å². The molecular formula is C9H14N2O2. The molecule has 0 unspecified atom stereocenters. The van der Waals surface area contributed by atoms with Gasteiger partial charge in [-0.3, -0.25) is 4.57 Å². The molecule has 72 valence electrons. The van der Waals surface area contributed by atoms with Crippen molar-refractivity contribution in [3.8, 4) is 0 Å². The number of rotatable bonds is 1. The minimum atomic E-state index is -0.0602. The number of nitrogens with one attached hydrogen (secondary N) is 1. The lowest BCUT2D eigenvalue weighted by atomic mass is 9.92. The first-order valence-corrected chi connectivity index (χ1v) is 4.57. The highest BCUT2D eigenvalue weighted by Gasteiger charge is 2.30. The van der Waals surface area contributed by atoms with Gasteiger partial charge in [-0.25, -0.2) is 4.79 Å². The molecule has 1 aliphatic rings. The van der Waals surface area contributed by atoms with E-state index in [1.807, 2.05) is 6.20 Å². The van der Waals surface area contributed by atoms with E-state index in [2.05, 4.69) is 11.9 Å². The van der Waals surface area contributed by atoms with Crippen molar-refractivity contribution in [1.82, 2.24) is 9.55 Å². The molecule has 1 N–H and O–H groups in total. The quantitative estimate of drug-likeness (QED) is 0.695. The smallest absolute Gasteiger partial charge is 0.325 e. The Labute approximate surface area is 76.5 Å². The fourth-order valence-corrected chi connectivity index (χ4v) is 1.80. The van der Waals surface area contributed by atoms with Crippen molar-refractivity contribution in [2.24, 2.45) is 0 Å². The summed E-state index contributed by atoms with van der Waals surface area (Å²) in [5, 5.41) is 0. The average Bonchev–Trinajstić information content (AvgIpc) is 2.53. The van der Waals surface area contributed by atoms with E-state index in [1.165, 1.54) is 0 Å². The van der Waals surface area contributed by atoms with E-state index in [0.29, 0.717) is 0 Å². The predicted octanol–water partition coefficient (Wildman–Crippen LogP) is 0.702. The lowest BCUT2D eigenvalue weighted by Crippen LogP contribution is -2.41. The van der Waals surface area contributed by atoms with Gasteiger partial charge < -0.3 is 9.72 Å². The van der Waals surface area contributed by atoms with Crippen LogP contribution in [-0.4, -0.2) is 22.8 Å². The van der Waals surface area contributed by atoms with Crippen LogP contribution in [0.1, 0.15) is 19.8 Å². The number of imidazole rings is 1. The molecule has 0 saturated carbocycles. The molecule has 0 radical (unpaired) electrons. The van der Waals surface area contributed by atoms with Crippen LogP contribution in [0.4, 0.5) is 0 Å². The molecule has 4 nitrogen and oxygen atoms in total. The molecule has 1 fully saturated rings. The van der Waals surface area contributed by atoms with E-state index in [-0.39, 0.29) is 11.2 Å². The summed E-state index contributed by atoms with van der Waals surface area (Å²) in [5.41, 5.74) is -0.0839. The summed E-state index contributed by atoms with van der Waals surface area (Å²) in [4.78, 5) is 14.0. The zero-order chi connectivity index (χ0) is 9.31. The predicted molar refractivity (Wildman–Crippen MR) is 48.8 cm³/mol. The fourth-order valence-electron chi connectivity index (χ4n) is 1.80. The van der Waals surface area contributed by atoms with Gasteiger partial charge in [-0.05, 0) is 19.8 Å². The third kappa shape index (κ3) is 1.42. The Morgan fingerprint density at radius 1 is 1.54 bits per heavy atom. The topological polar surface area (TPSA) is 47.0 Å². The van der Waals surface area contributed by atoms with Crippen LogP contribution in [0.25, 0.3) is 0 Å². The van der Waals surface area contributed by atoms with Crippen LogP contribution >= 0.6 is 0 Å². The van der Waals surface area contributed by atoms with Gasteiger partial charge in [0.1, 0.15) is 0 Å². The molecule has 1 saturated heterocycles. The maximum Gasteiger partial charge on any atom is 0.325 e. The van der Waals surface area contributed by atoms with Crippen molar-refractivity contribution in [3.63, 3.8) is 0 Å². The van der Waals surface area contributed by atoms with Crippen LogP contribution in [-0.2, 0) is 10.3 Å². The first kappa shape index (κ1) is 8.56. The van der Waals surface area contributed by atoms with Gasteiger partial charge in [0, 0.05) is 25.6 Å². The molecule has 13 heavy (non-hydrogen) atoms.